The van der Waals surface area contributed by atoms with Crippen molar-refractivity contribution in [3.63, 3.8) is 0 Å². The molecule has 0 N–H and O–H groups in total. The van der Waals surface area contributed by atoms with Crippen LogP contribution in [0.15, 0.2) is 49.1 Å². The van der Waals surface area contributed by atoms with Crippen LogP contribution in [0.3, 0.4) is 0 Å². The number of imidazole rings is 1. The number of rotatable bonds is 4. The van der Waals surface area contributed by atoms with Crippen LogP contribution in [0.25, 0.3) is 6.08 Å². The summed E-state index contributed by atoms with van der Waals surface area (Å²) in [5.41, 5.74) is 2.15. The van der Waals surface area contributed by atoms with Gasteiger partial charge in [0.05, 0.1) is 13.4 Å². The van der Waals surface area contributed by atoms with Gasteiger partial charge in [0, 0.05) is 25.0 Å². The average molecular weight is 266 g/mol. The molecule has 0 spiro atoms. The van der Waals surface area contributed by atoms with E-state index < -0.39 is 0 Å². The van der Waals surface area contributed by atoms with E-state index in [1.165, 1.54) is 18.7 Å². The molecule has 0 saturated carbocycles. The molecule has 5 heteroatoms. The topological polar surface area (TPSA) is 44.1 Å². The third-order valence-electron chi connectivity index (χ3n) is 2.52. The van der Waals surface area contributed by atoms with E-state index >= 15 is 0 Å². The zero-order valence-corrected chi connectivity index (χ0v) is 13.1. The van der Waals surface area contributed by atoms with Gasteiger partial charge in [0.2, 0.25) is 0 Å². The molecule has 4 nitrogen and oxygen atoms in total. The van der Waals surface area contributed by atoms with E-state index in [1.54, 1.807) is 18.6 Å². The van der Waals surface area contributed by atoms with Crippen LogP contribution in [0.1, 0.15) is 12.6 Å². The summed E-state index contributed by atoms with van der Waals surface area (Å²) < 4.78 is 6.53. The van der Waals surface area contributed by atoms with Gasteiger partial charge >= 0.3 is 35.5 Å². The Morgan fingerprint density at radius 3 is 2.74 bits per heavy atom. The summed E-state index contributed by atoms with van der Waals surface area (Å²) in [6, 6.07) is 7.98. The van der Waals surface area contributed by atoms with Crippen LogP contribution >= 0.6 is 0 Å². The van der Waals surface area contributed by atoms with Crippen LogP contribution < -0.4 is 29.6 Å². The normalized spacial score (nSPS) is 10.2. The van der Waals surface area contributed by atoms with E-state index in [2.05, 4.69) is 9.72 Å². The average Bonchev–Trinajstić information content (AvgIpc) is 2.90. The maximum absolute atomic E-state index is 10.9. The molecule has 1 aromatic carbocycles. The Hall–Kier alpha value is -1.36. The van der Waals surface area contributed by atoms with Gasteiger partial charge in [-0.2, -0.15) is 0 Å². The van der Waals surface area contributed by atoms with Gasteiger partial charge in [-0.05, 0) is 17.2 Å². The second-order valence-corrected chi connectivity index (χ2v) is 3.83. The second-order valence-electron chi connectivity index (χ2n) is 3.83. The number of carbonyl (C=O) groups is 1. The SMILES string of the molecule is COC(=O)/C=C/c1ccc(Cn2ccnc2)cc1.[H-].[Na+]. The molecular formula is C14H15N2NaO2. The van der Waals surface area contributed by atoms with E-state index in [4.69, 9.17) is 0 Å². The molecule has 2 rings (SSSR count). The molecule has 0 bridgehead atoms. The van der Waals surface area contributed by atoms with Crippen molar-refractivity contribution in [2.45, 2.75) is 6.54 Å². The number of ether oxygens (including phenoxy) is 1. The van der Waals surface area contributed by atoms with Crippen molar-refractivity contribution in [3.05, 3.63) is 60.2 Å². The number of esters is 1. The molecule has 2 aromatic rings. The minimum absolute atomic E-state index is 0. The Morgan fingerprint density at radius 2 is 2.16 bits per heavy atom. The molecular weight excluding hydrogens is 251 g/mol. The molecule has 1 heterocycles. The molecule has 0 aliphatic carbocycles. The predicted molar refractivity (Wildman–Crippen MR) is 69.9 cm³/mol. The van der Waals surface area contributed by atoms with Gasteiger partial charge in [-0.25, -0.2) is 9.78 Å². The molecule has 0 fully saturated rings. The van der Waals surface area contributed by atoms with Crippen LogP contribution in [0, 0.1) is 0 Å². The third-order valence-corrected chi connectivity index (χ3v) is 2.52. The van der Waals surface area contributed by atoms with Crippen LogP contribution in [0.4, 0.5) is 0 Å². The number of aromatic nitrogens is 2. The number of carbonyl (C=O) groups excluding carboxylic acids is 1. The zero-order chi connectivity index (χ0) is 12.8. The molecule has 0 atom stereocenters. The van der Waals surface area contributed by atoms with Crippen molar-refractivity contribution in [2.75, 3.05) is 7.11 Å². The van der Waals surface area contributed by atoms with Crippen molar-refractivity contribution in [1.29, 1.82) is 0 Å². The Kier molecular flexibility index (Phi) is 6.56. The van der Waals surface area contributed by atoms with Gasteiger partial charge in [-0.15, -0.1) is 0 Å². The first-order valence-electron chi connectivity index (χ1n) is 5.58. The largest absolute Gasteiger partial charge is 1.00 e. The first kappa shape index (κ1) is 15.7. The number of hydrogen-bond acceptors (Lipinski definition) is 3. The maximum Gasteiger partial charge on any atom is 1.00 e. The Labute approximate surface area is 135 Å². The number of hydrogen-bond donors (Lipinski definition) is 0. The fourth-order valence-corrected chi connectivity index (χ4v) is 1.56. The van der Waals surface area contributed by atoms with Crippen molar-refractivity contribution >= 4 is 12.0 Å². The smallest absolute Gasteiger partial charge is 1.00 e. The van der Waals surface area contributed by atoms with Crippen molar-refractivity contribution in [3.8, 4) is 0 Å². The molecule has 0 amide bonds. The van der Waals surface area contributed by atoms with Crippen LogP contribution in [0.2, 0.25) is 0 Å². The summed E-state index contributed by atoms with van der Waals surface area (Å²) >= 11 is 0. The van der Waals surface area contributed by atoms with E-state index in [9.17, 15) is 4.79 Å². The molecule has 0 saturated heterocycles. The van der Waals surface area contributed by atoms with Gasteiger partial charge in [0.25, 0.3) is 0 Å². The summed E-state index contributed by atoms with van der Waals surface area (Å²) in [4.78, 5) is 14.9. The number of methoxy groups -OCH3 is 1. The van der Waals surface area contributed by atoms with E-state index in [0.29, 0.717) is 0 Å². The molecule has 0 radical (unpaired) electrons. The van der Waals surface area contributed by atoms with Gasteiger partial charge in [-0.3, -0.25) is 0 Å². The van der Waals surface area contributed by atoms with E-state index in [-0.39, 0.29) is 37.0 Å². The number of nitrogens with zero attached hydrogens (tertiary/aromatic N) is 2. The monoisotopic (exact) mass is 266 g/mol. The molecule has 0 aliphatic rings. The first-order valence-corrected chi connectivity index (χ1v) is 5.58. The Bertz CT molecular complexity index is 539. The standard InChI is InChI=1S/C14H14N2O2.Na.H/c1-18-14(17)7-6-12-2-4-13(5-3-12)10-16-9-8-15-11-16;;/h2-9,11H,10H2,1H3;;/q;+1;-1/b7-6+;;. The van der Waals surface area contributed by atoms with Gasteiger partial charge in [-0.1, -0.05) is 24.3 Å². The minimum Gasteiger partial charge on any atom is -1.00 e. The molecule has 94 valence electrons. The third kappa shape index (κ3) is 5.03. The van der Waals surface area contributed by atoms with Crippen molar-refractivity contribution in [2.24, 2.45) is 0 Å². The Balaban J connectivity index is 0.00000180. The molecule has 0 aliphatic heterocycles. The fraction of sp³-hybridized carbons (Fsp3) is 0.143. The quantitative estimate of drug-likeness (QED) is 0.415. The molecule has 0 unspecified atom stereocenters. The molecule has 19 heavy (non-hydrogen) atoms. The van der Waals surface area contributed by atoms with Crippen LogP contribution in [-0.4, -0.2) is 22.6 Å². The van der Waals surface area contributed by atoms with Crippen molar-refractivity contribution < 1.29 is 40.5 Å². The summed E-state index contributed by atoms with van der Waals surface area (Å²) in [6.45, 7) is 0.793. The maximum atomic E-state index is 10.9. The van der Waals surface area contributed by atoms with Gasteiger partial charge in [0.15, 0.2) is 0 Å². The minimum atomic E-state index is -0.350. The van der Waals surface area contributed by atoms with Crippen LogP contribution in [-0.2, 0) is 16.1 Å². The van der Waals surface area contributed by atoms with Crippen molar-refractivity contribution in [1.82, 2.24) is 9.55 Å². The number of benzene rings is 1. The van der Waals surface area contributed by atoms with Crippen LogP contribution in [0.5, 0.6) is 0 Å². The summed E-state index contributed by atoms with van der Waals surface area (Å²) in [7, 11) is 1.36. The van der Waals surface area contributed by atoms with Gasteiger partial charge in [0.1, 0.15) is 0 Å². The first-order chi connectivity index (χ1) is 8.78. The molecule has 1 aromatic heterocycles. The summed E-state index contributed by atoms with van der Waals surface area (Å²) in [5.74, 6) is -0.350. The summed E-state index contributed by atoms with van der Waals surface area (Å²) in [5, 5.41) is 0. The zero-order valence-electron chi connectivity index (χ0n) is 12.1. The second kappa shape index (κ2) is 7.94. The summed E-state index contributed by atoms with van der Waals surface area (Å²) in [6.07, 6.45) is 8.60. The van der Waals surface area contributed by atoms with E-state index in [1.807, 2.05) is 35.0 Å². The van der Waals surface area contributed by atoms with E-state index in [0.717, 1.165) is 12.1 Å². The Morgan fingerprint density at radius 1 is 1.42 bits per heavy atom. The predicted octanol–water partition coefficient (Wildman–Crippen LogP) is -0.766. The fourth-order valence-electron chi connectivity index (χ4n) is 1.56. The van der Waals surface area contributed by atoms with Gasteiger partial charge < -0.3 is 10.7 Å².